The molecule has 0 aromatic rings. The first-order chi connectivity index (χ1) is 4.91. The lowest BCUT2D eigenvalue weighted by Crippen LogP contribution is -2.39. The molecule has 2 aliphatic rings. The molecule has 1 unspecified atom stereocenters. The predicted molar refractivity (Wildman–Crippen MR) is 46.4 cm³/mol. The summed E-state index contributed by atoms with van der Waals surface area (Å²) in [6.07, 6.45) is 2.56. The summed E-state index contributed by atoms with van der Waals surface area (Å²) in [5.74, 6) is 0. The number of hydrogen-bond acceptors (Lipinski definition) is 2. The molecule has 2 fully saturated rings. The van der Waals surface area contributed by atoms with Gasteiger partial charge in [-0.3, -0.25) is 0 Å². The van der Waals surface area contributed by atoms with Crippen molar-refractivity contribution < 1.29 is 4.74 Å². The smallest absolute Gasteiger partial charge is 0.0809 e. The van der Waals surface area contributed by atoms with E-state index >= 15 is 0 Å². The van der Waals surface area contributed by atoms with Gasteiger partial charge in [-0.25, -0.2) is 0 Å². The van der Waals surface area contributed by atoms with Crippen molar-refractivity contribution in [3.63, 3.8) is 0 Å². The molecule has 0 aromatic carbocycles. The second-order valence-corrected chi connectivity index (χ2v) is 2.71. The SMILES string of the molecule is C1COC2(CC2)CN1.CP. The molecular formula is C7H16NOP. The number of hydrogen-bond donors (Lipinski definition) is 1. The summed E-state index contributed by atoms with van der Waals surface area (Å²) in [6.45, 7) is 4.97. The third-order valence-corrected chi connectivity index (χ3v) is 1.94. The van der Waals surface area contributed by atoms with Crippen LogP contribution in [0.2, 0.25) is 0 Å². The van der Waals surface area contributed by atoms with Crippen molar-refractivity contribution in [3.8, 4) is 0 Å². The van der Waals surface area contributed by atoms with Crippen molar-refractivity contribution in [1.29, 1.82) is 0 Å². The molecule has 0 bridgehead atoms. The lowest BCUT2D eigenvalue weighted by atomic mass is 10.3. The highest BCUT2D eigenvalue weighted by Gasteiger charge is 2.44. The second kappa shape index (κ2) is 3.66. The van der Waals surface area contributed by atoms with Gasteiger partial charge >= 0.3 is 0 Å². The second-order valence-electron chi connectivity index (χ2n) is 2.71. The maximum atomic E-state index is 5.51. The van der Waals surface area contributed by atoms with Gasteiger partial charge in [0.2, 0.25) is 0 Å². The Hall–Kier alpha value is 0.350. The van der Waals surface area contributed by atoms with E-state index in [1.54, 1.807) is 0 Å². The summed E-state index contributed by atoms with van der Waals surface area (Å²) in [7, 11) is 2.42. The highest BCUT2D eigenvalue weighted by atomic mass is 31.0. The molecule has 1 saturated carbocycles. The van der Waals surface area contributed by atoms with E-state index in [1.807, 2.05) is 6.66 Å². The van der Waals surface area contributed by atoms with Crippen LogP contribution in [0.25, 0.3) is 0 Å². The van der Waals surface area contributed by atoms with E-state index in [-0.39, 0.29) is 0 Å². The minimum atomic E-state index is 0.318. The van der Waals surface area contributed by atoms with Crippen molar-refractivity contribution in [1.82, 2.24) is 5.32 Å². The summed E-state index contributed by atoms with van der Waals surface area (Å²) in [4.78, 5) is 0. The van der Waals surface area contributed by atoms with Gasteiger partial charge in [0.25, 0.3) is 0 Å². The molecule has 0 amide bonds. The van der Waals surface area contributed by atoms with E-state index in [0.29, 0.717) is 5.60 Å². The van der Waals surface area contributed by atoms with Gasteiger partial charge in [0.15, 0.2) is 0 Å². The lowest BCUT2D eigenvalue weighted by Gasteiger charge is -2.22. The van der Waals surface area contributed by atoms with Crippen LogP contribution in [0, 0.1) is 0 Å². The molecule has 1 atom stereocenters. The molecule has 2 nitrogen and oxygen atoms in total. The van der Waals surface area contributed by atoms with Crippen LogP contribution in [0.15, 0.2) is 0 Å². The number of nitrogens with one attached hydrogen (secondary N) is 1. The van der Waals surface area contributed by atoms with E-state index < -0.39 is 0 Å². The molecule has 3 heteroatoms. The van der Waals surface area contributed by atoms with Gasteiger partial charge in [0, 0.05) is 13.1 Å². The third kappa shape index (κ3) is 1.91. The fraction of sp³-hybridized carbons (Fsp3) is 1.00. The van der Waals surface area contributed by atoms with Crippen LogP contribution in [-0.2, 0) is 4.74 Å². The zero-order valence-corrected chi connectivity index (χ0v) is 7.68. The van der Waals surface area contributed by atoms with Gasteiger partial charge in [0.1, 0.15) is 0 Å². The molecule has 0 radical (unpaired) electrons. The minimum absolute atomic E-state index is 0.318. The summed E-state index contributed by atoms with van der Waals surface area (Å²) < 4.78 is 5.51. The van der Waals surface area contributed by atoms with Gasteiger partial charge in [-0.2, -0.15) is 0 Å². The van der Waals surface area contributed by atoms with Crippen LogP contribution in [-0.4, -0.2) is 32.0 Å². The summed E-state index contributed by atoms with van der Waals surface area (Å²) in [5.41, 5.74) is 0.318. The van der Waals surface area contributed by atoms with Gasteiger partial charge in [0.05, 0.1) is 12.2 Å². The monoisotopic (exact) mass is 161 g/mol. The molecular weight excluding hydrogens is 145 g/mol. The van der Waals surface area contributed by atoms with Crippen molar-refractivity contribution in [2.45, 2.75) is 18.4 Å². The molecule has 60 valence electrons. The number of ether oxygens (including phenoxy) is 1. The quantitative estimate of drug-likeness (QED) is 0.526. The molecule has 1 aliphatic carbocycles. The van der Waals surface area contributed by atoms with E-state index in [4.69, 9.17) is 4.74 Å². The number of morpholine rings is 1. The maximum Gasteiger partial charge on any atom is 0.0809 e. The zero-order valence-electron chi connectivity index (χ0n) is 6.52. The standard InChI is InChI=1S/C6H11NO.CH5P/c1-2-6(1)5-7-3-4-8-6;1-2/h7H,1-5H2;2H2,1H3. The first-order valence-corrected chi connectivity index (χ1v) is 4.99. The molecule has 1 aliphatic heterocycles. The first-order valence-electron chi connectivity index (χ1n) is 3.84. The Kier molecular flexibility index (Phi) is 3.09. The van der Waals surface area contributed by atoms with E-state index in [1.165, 1.54) is 12.8 Å². The van der Waals surface area contributed by atoms with Crippen LogP contribution in [0.5, 0.6) is 0 Å². The van der Waals surface area contributed by atoms with Crippen LogP contribution < -0.4 is 5.32 Å². The van der Waals surface area contributed by atoms with Gasteiger partial charge in [-0.05, 0) is 12.8 Å². The largest absolute Gasteiger partial charge is 0.372 e. The molecule has 1 heterocycles. The van der Waals surface area contributed by atoms with Crippen LogP contribution in [0.4, 0.5) is 0 Å². The van der Waals surface area contributed by atoms with Crippen LogP contribution >= 0.6 is 9.24 Å². The first kappa shape index (κ1) is 8.45. The Bertz CT molecular complexity index is 95.8. The maximum absolute atomic E-state index is 5.51. The van der Waals surface area contributed by atoms with Crippen molar-refractivity contribution in [3.05, 3.63) is 0 Å². The normalized spacial score (nSPS) is 27.0. The predicted octanol–water partition coefficient (Wildman–Crippen LogP) is 0.630. The Morgan fingerprint density at radius 3 is 2.40 bits per heavy atom. The average molecular weight is 161 g/mol. The average Bonchev–Trinajstić information content (AvgIpc) is 2.75. The molecule has 2 rings (SSSR count). The van der Waals surface area contributed by atoms with E-state index in [2.05, 4.69) is 14.6 Å². The van der Waals surface area contributed by atoms with Gasteiger partial charge in [-0.15, -0.1) is 9.24 Å². The topological polar surface area (TPSA) is 21.3 Å². The molecule has 1 N–H and O–H groups in total. The molecule has 1 saturated heterocycles. The summed E-state index contributed by atoms with van der Waals surface area (Å²) in [6, 6.07) is 0. The van der Waals surface area contributed by atoms with Crippen LogP contribution in [0.3, 0.4) is 0 Å². The van der Waals surface area contributed by atoms with E-state index in [9.17, 15) is 0 Å². The Labute approximate surface area is 64.9 Å². The van der Waals surface area contributed by atoms with Crippen LogP contribution in [0.1, 0.15) is 12.8 Å². The Balaban J connectivity index is 0.000000231. The molecule has 0 aromatic heterocycles. The van der Waals surface area contributed by atoms with Crippen molar-refractivity contribution in [2.24, 2.45) is 0 Å². The van der Waals surface area contributed by atoms with Crippen molar-refractivity contribution >= 4 is 9.24 Å². The minimum Gasteiger partial charge on any atom is -0.372 e. The fourth-order valence-electron chi connectivity index (χ4n) is 1.17. The highest BCUT2D eigenvalue weighted by Crippen LogP contribution is 2.39. The number of rotatable bonds is 0. The highest BCUT2D eigenvalue weighted by molar-refractivity contribution is 7.15. The van der Waals surface area contributed by atoms with Gasteiger partial charge in [-0.1, -0.05) is 6.66 Å². The molecule has 1 spiro atoms. The molecule has 10 heavy (non-hydrogen) atoms. The third-order valence-electron chi connectivity index (χ3n) is 1.94. The van der Waals surface area contributed by atoms with E-state index in [0.717, 1.165) is 19.7 Å². The van der Waals surface area contributed by atoms with Crippen molar-refractivity contribution in [2.75, 3.05) is 26.4 Å². The summed E-state index contributed by atoms with van der Waals surface area (Å²) >= 11 is 0. The summed E-state index contributed by atoms with van der Waals surface area (Å²) in [5, 5.41) is 3.31. The van der Waals surface area contributed by atoms with Gasteiger partial charge < -0.3 is 10.1 Å². The lowest BCUT2D eigenvalue weighted by molar-refractivity contribution is 0.00884. The fourth-order valence-corrected chi connectivity index (χ4v) is 1.17. The zero-order chi connectivity index (χ0) is 7.45. The Morgan fingerprint density at radius 2 is 2.10 bits per heavy atom. The Morgan fingerprint density at radius 1 is 1.40 bits per heavy atom.